The third kappa shape index (κ3) is 3.72. The van der Waals surface area contributed by atoms with Crippen LogP contribution < -0.4 is 5.32 Å². The average molecular weight is 255 g/mol. The number of amides is 1. The van der Waals surface area contributed by atoms with Crippen LogP contribution in [0.5, 0.6) is 0 Å². The minimum Gasteiger partial charge on any atom is -0.338 e. The van der Waals surface area contributed by atoms with Gasteiger partial charge in [0.25, 0.3) is 0 Å². The summed E-state index contributed by atoms with van der Waals surface area (Å²) < 4.78 is 0. The maximum atomic E-state index is 11.8. The van der Waals surface area contributed by atoms with E-state index in [0.29, 0.717) is 11.6 Å². The first-order valence-corrected chi connectivity index (χ1v) is 6.16. The number of hydrogen-bond donors (Lipinski definition) is 1. The zero-order valence-corrected chi connectivity index (χ0v) is 11.3. The Labute approximate surface area is 108 Å². The zero-order chi connectivity index (χ0) is 12.8. The van der Waals surface area contributed by atoms with Crippen LogP contribution in [0.2, 0.25) is 5.02 Å². The van der Waals surface area contributed by atoms with Crippen LogP contribution in [0.3, 0.4) is 0 Å². The summed E-state index contributed by atoms with van der Waals surface area (Å²) in [4.78, 5) is 13.6. The van der Waals surface area contributed by atoms with Crippen LogP contribution in [0.4, 0.5) is 0 Å². The maximum absolute atomic E-state index is 11.8. The average Bonchev–Trinajstić information content (AvgIpc) is 2.34. The lowest BCUT2D eigenvalue weighted by Crippen LogP contribution is -2.37. The van der Waals surface area contributed by atoms with Gasteiger partial charge >= 0.3 is 0 Å². The first-order chi connectivity index (χ1) is 8.07. The first-order valence-electron chi connectivity index (χ1n) is 5.78. The molecule has 4 heteroatoms. The summed E-state index contributed by atoms with van der Waals surface area (Å²) in [5.74, 6) is 0.0688. The molecule has 0 aromatic heterocycles. The summed E-state index contributed by atoms with van der Waals surface area (Å²) in [6.45, 7) is 5.11. The van der Waals surface area contributed by atoms with Gasteiger partial charge in [0.05, 0.1) is 12.6 Å². The van der Waals surface area contributed by atoms with Crippen LogP contribution in [0.15, 0.2) is 24.3 Å². The molecule has 0 aliphatic carbocycles. The molecule has 1 atom stereocenters. The predicted molar refractivity (Wildman–Crippen MR) is 71.2 cm³/mol. The minimum atomic E-state index is -0.0187. The van der Waals surface area contributed by atoms with Crippen molar-refractivity contribution >= 4 is 17.5 Å². The first kappa shape index (κ1) is 14.0. The third-order valence-corrected chi connectivity index (χ3v) is 3.20. The fourth-order valence-corrected chi connectivity index (χ4v) is 1.89. The Morgan fingerprint density at radius 1 is 1.47 bits per heavy atom. The fraction of sp³-hybridized carbons (Fsp3) is 0.462. The van der Waals surface area contributed by atoms with Crippen molar-refractivity contribution in [3.8, 4) is 0 Å². The normalized spacial score (nSPS) is 12.2. The van der Waals surface area contributed by atoms with Gasteiger partial charge in [-0.1, -0.05) is 36.7 Å². The van der Waals surface area contributed by atoms with Gasteiger partial charge in [0.2, 0.25) is 5.91 Å². The van der Waals surface area contributed by atoms with E-state index in [0.717, 1.165) is 12.1 Å². The molecule has 0 heterocycles. The van der Waals surface area contributed by atoms with E-state index in [1.807, 2.05) is 38.1 Å². The fourth-order valence-electron chi connectivity index (χ4n) is 1.60. The lowest BCUT2D eigenvalue weighted by atomic mass is 10.1. The molecule has 1 N–H and O–H groups in total. The molecule has 0 radical (unpaired) electrons. The van der Waals surface area contributed by atoms with Crippen molar-refractivity contribution < 1.29 is 4.79 Å². The van der Waals surface area contributed by atoms with Gasteiger partial charge in [-0.15, -0.1) is 0 Å². The van der Waals surface area contributed by atoms with Crippen LogP contribution in [0.25, 0.3) is 0 Å². The monoisotopic (exact) mass is 254 g/mol. The van der Waals surface area contributed by atoms with E-state index >= 15 is 0 Å². The molecule has 0 fully saturated rings. The number of likely N-dealkylation sites (N-methyl/N-ethyl adjacent to an activating group) is 2. The largest absolute Gasteiger partial charge is 0.338 e. The van der Waals surface area contributed by atoms with Gasteiger partial charge in [0, 0.05) is 12.1 Å². The molecule has 0 bridgehead atoms. The second kappa shape index (κ2) is 6.62. The third-order valence-electron chi connectivity index (χ3n) is 2.86. The Bertz CT molecular complexity index is 381. The van der Waals surface area contributed by atoms with E-state index in [1.165, 1.54) is 0 Å². The van der Waals surface area contributed by atoms with Crippen molar-refractivity contribution in [3.63, 3.8) is 0 Å². The molecule has 0 aliphatic rings. The lowest BCUT2D eigenvalue weighted by molar-refractivity contribution is -0.130. The molecule has 1 aromatic carbocycles. The molecule has 0 aliphatic heterocycles. The van der Waals surface area contributed by atoms with Crippen LogP contribution in [0, 0.1) is 0 Å². The van der Waals surface area contributed by atoms with Gasteiger partial charge in [-0.2, -0.15) is 0 Å². The molecule has 94 valence electrons. The standard InChI is InChI=1S/C13H19ClN2O/c1-4-15-9-13(17)16(3)10(2)11-7-5-6-8-12(11)14/h5-8,10,15H,4,9H2,1-3H3. The molecule has 1 unspecified atom stereocenters. The topological polar surface area (TPSA) is 32.3 Å². The van der Waals surface area contributed by atoms with Gasteiger partial charge in [-0.3, -0.25) is 4.79 Å². The maximum Gasteiger partial charge on any atom is 0.236 e. The Morgan fingerprint density at radius 2 is 2.12 bits per heavy atom. The van der Waals surface area contributed by atoms with Gasteiger partial charge in [0.1, 0.15) is 0 Å². The van der Waals surface area contributed by atoms with Crippen molar-refractivity contribution in [1.82, 2.24) is 10.2 Å². The van der Waals surface area contributed by atoms with Crippen LogP contribution >= 0.6 is 11.6 Å². The number of hydrogen-bond acceptors (Lipinski definition) is 2. The number of benzene rings is 1. The summed E-state index contributed by atoms with van der Waals surface area (Å²) in [6, 6.07) is 7.59. The highest BCUT2D eigenvalue weighted by Crippen LogP contribution is 2.25. The SMILES string of the molecule is CCNCC(=O)N(C)C(C)c1ccccc1Cl. The molecule has 0 saturated carbocycles. The quantitative estimate of drug-likeness (QED) is 0.876. The summed E-state index contributed by atoms with van der Waals surface area (Å²) in [5, 5.41) is 3.72. The molecular formula is C13H19ClN2O. The Morgan fingerprint density at radius 3 is 2.71 bits per heavy atom. The molecule has 1 amide bonds. The molecule has 1 rings (SSSR count). The number of rotatable bonds is 5. The number of nitrogens with one attached hydrogen (secondary N) is 1. The van der Waals surface area contributed by atoms with Gasteiger partial charge in [-0.05, 0) is 25.1 Å². The van der Waals surface area contributed by atoms with Gasteiger partial charge in [-0.25, -0.2) is 0 Å². The number of nitrogens with zero attached hydrogens (tertiary/aromatic N) is 1. The van der Waals surface area contributed by atoms with Crippen LogP contribution in [-0.2, 0) is 4.79 Å². The van der Waals surface area contributed by atoms with Crippen molar-refractivity contribution in [1.29, 1.82) is 0 Å². The summed E-state index contributed by atoms with van der Waals surface area (Å²) in [5.41, 5.74) is 0.974. The molecule has 17 heavy (non-hydrogen) atoms. The summed E-state index contributed by atoms with van der Waals surface area (Å²) in [6.07, 6.45) is 0. The molecule has 1 aromatic rings. The summed E-state index contributed by atoms with van der Waals surface area (Å²) >= 11 is 6.12. The van der Waals surface area contributed by atoms with E-state index in [1.54, 1.807) is 11.9 Å². The second-order valence-electron chi connectivity index (χ2n) is 3.98. The zero-order valence-electron chi connectivity index (χ0n) is 10.5. The molecule has 0 spiro atoms. The predicted octanol–water partition coefficient (Wildman–Crippen LogP) is 2.47. The van der Waals surface area contributed by atoms with Crippen LogP contribution in [-0.4, -0.2) is 30.9 Å². The molecule has 3 nitrogen and oxygen atoms in total. The van der Waals surface area contributed by atoms with E-state index < -0.39 is 0 Å². The summed E-state index contributed by atoms with van der Waals surface area (Å²) in [7, 11) is 1.80. The number of carbonyl (C=O) groups excluding carboxylic acids is 1. The van der Waals surface area contributed by atoms with Crippen molar-refractivity contribution in [3.05, 3.63) is 34.9 Å². The molecular weight excluding hydrogens is 236 g/mol. The lowest BCUT2D eigenvalue weighted by Gasteiger charge is -2.26. The van der Waals surface area contributed by atoms with E-state index in [2.05, 4.69) is 5.32 Å². The van der Waals surface area contributed by atoms with E-state index in [4.69, 9.17) is 11.6 Å². The Kier molecular flexibility index (Phi) is 5.45. The Balaban J connectivity index is 2.72. The van der Waals surface area contributed by atoms with Crippen molar-refractivity contribution in [2.75, 3.05) is 20.1 Å². The van der Waals surface area contributed by atoms with Gasteiger partial charge in [0.15, 0.2) is 0 Å². The second-order valence-corrected chi connectivity index (χ2v) is 4.39. The van der Waals surface area contributed by atoms with Crippen molar-refractivity contribution in [2.45, 2.75) is 19.9 Å². The smallest absolute Gasteiger partial charge is 0.236 e. The van der Waals surface area contributed by atoms with E-state index in [9.17, 15) is 4.79 Å². The minimum absolute atomic E-state index is 0.0187. The highest BCUT2D eigenvalue weighted by atomic mass is 35.5. The highest BCUT2D eigenvalue weighted by Gasteiger charge is 2.18. The number of carbonyl (C=O) groups is 1. The highest BCUT2D eigenvalue weighted by molar-refractivity contribution is 6.31. The number of halogens is 1. The van der Waals surface area contributed by atoms with Crippen molar-refractivity contribution in [2.24, 2.45) is 0 Å². The van der Waals surface area contributed by atoms with Gasteiger partial charge < -0.3 is 10.2 Å². The Hall–Kier alpha value is -1.06. The van der Waals surface area contributed by atoms with Crippen LogP contribution in [0.1, 0.15) is 25.5 Å². The van der Waals surface area contributed by atoms with E-state index in [-0.39, 0.29) is 11.9 Å². The molecule has 0 saturated heterocycles.